The third-order valence-corrected chi connectivity index (χ3v) is 4.40. The van der Waals surface area contributed by atoms with Crippen molar-refractivity contribution in [3.8, 4) is 5.75 Å². The first-order valence-electron chi connectivity index (χ1n) is 7.26. The molecule has 1 aliphatic rings. The molecular formula is C16H24N2O2. The third kappa shape index (κ3) is 2.96. The summed E-state index contributed by atoms with van der Waals surface area (Å²) in [5.41, 5.74) is 6.57. The number of benzene rings is 1. The maximum absolute atomic E-state index is 12.5. The van der Waals surface area contributed by atoms with E-state index in [0.717, 1.165) is 37.0 Å². The van der Waals surface area contributed by atoms with Gasteiger partial charge in [0.2, 0.25) is 5.91 Å². The van der Waals surface area contributed by atoms with Crippen LogP contribution in [0, 0.1) is 5.41 Å². The van der Waals surface area contributed by atoms with Gasteiger partial charge in [0.05, 0.1) is 18.6 Å². The second-order valence-electron chi connectivity index (χ2n) is 5.66. The predicted molar refractivity (Wildman–Crippen MR) is 79.5 cm³/mol. The summed E-state index contributed by atoms with van der Waals surface area (Å²) in [4.78, 5) is 12.5. The quantitative estimate of drug-likeness (QED) is 0.868. The largest absolute Gasteiger partial charge is 0.497 e. The van der Waals surface area contributed by atoms with Gasteiger partial charge in [0.25, 0.3) is 0 Å². The Morgan fingerprint density at radius 3 is 2.45 bits per heavy atom. The van der Waals surface area contributed by atoms with Crippen LogP contribution in [0.5, 0.6) is 5.75 Å². The van der Waals surface area contributed by atoms with Crippen LogP contribution in [0.15, 0.2) is 24.3 Å². The molecule has 0 aliphatic heterocycles. The molecule has 4 heteroatoms. The van der Waals surface area contributed by atoms with Crippen LogP contribution < -0.4 is 15.8 Å². The first-order chi connectivity index (χ1) is 9.61. The summed E-state index contributed by atoms with van der Waals surface area (Å²) < 4.78 is 5.14. The number of nitrogens with one attached hydrogen (secondary N) is 1. The fourth-order valence-corrected chi connectivity index (χ4v) is 2.90. The van der Waals surface area contributed by atoms with Gasteiger partial charge in [0.15, 0.2) is 0 Å². The van der Waals surface area contributed by atoms with Crippen LogP contribution in [0.1, 0.15) is 44.2 Å². The van der Waals surface area contributed by atoms with E-state index in [9.17, 15) is 4.79 Å². The smallest absolute Gasteiger partial charge is 0.227 e. The molecule has 3 N–H and O–H groups in total. The fraction of sp³-hybridized carbons (Fsp3) is 0.562. The zero-order valence-electron chi connectivity index (χ0n) is 12.3. The number of carbonyl (C=O) groups excluding carboxylic acids is 1. The minimum Gasteiger partial charge on any atom is -0.497 e. The van der Waals surface area contributed by atoms with Gasteiger partial charge in [-0.2, -0.15) is 0 Å². The molecule has 1 fully saturated rings. The first-order valence-corrected chi connectivity index (χ1v) is 7.26. The van der Waals surface area contributed by atoms with E-state index < -0.39 is 0 Å². The average Bonchev–Trinajstić information content (AvgIpc) is 2.97. The number of hydrogen-bond donors (Lipinski definition) is 2. The van der Waals surface area contributed by atoms with Gasteiger partial charge >= 0.3 is 0 Å². The Bertz CT molecular complexity index is 450. The van der Waals surface area contributed by atoms with Gasteiger partial charge in [-0.1, -0.05) is 25.0 Å². The highest BCUT2D eigenvalue weighted by molar-refractivity contribution is 5.83. The molecule has 0 aromatic heterocycles. The van der Waals surface area contributed by atoms with E-state index in [2.05, 4.69) is 5.32 Å². The number of ether oxygens (including phenoxy) is 1. The molecule has 0 heterocycles. The Labute approximate surface area is 120 Å². The zero-order valence-corrected chi connectivity index (χ0v) is 12.3. The normalized spacial score (nSPS) is 18.6. The molecule has 2 rings (SSSR count). The van der Waals surface area contributed by atoms with E-state index in [1.54, 1.807) is 7.11 Å². The Morgan fingerprint density at radius 2 is 1.95 bits per heavy atom. The summed E-state index contributed by atoms with van der Waals surface area (Å²) in [6, 6.07) is 7.76. The summed E-state index contributed by atoms with van der Waals surface area (Å²) in [6.45, 7) is 2.44. The lowest BCUT2D eigenvalue weighted by Gasteiger charge is -2.28. The second kappa shape index (κ2) is 6.27. The number of hydrogen-bond acceptors (Lipinski definition) is 3. The van der Waals surface area contributed by atoms with Crippen molar-refractivity contribution in [2.75, 3.05) is 13.7 Å². The van der Waals surface area contributed by atoms with Crippen molar-refractivity contribution in [3.05, 3.63) is 29.8 Å². The number of rotatable bonds is 5. The number of methoxy groups -OCH3 is 1. The molecule has 1 saturated carbocycles. The summed E-state index contributed by atoms with van der Waals surface area (Å²) in [5.74, 6) is 0.919. The van der Waals surface area contributed by atoms with Crippen molar-refractivity contribution in [1.82, 2.24) is 5.32 Å². The van der Waals surface area contributed by atoms with Crippen molar-refractivity contribution < 1.29 is 9.53 Å². The third-order valence-electron chi connectivity index (χ3n) is 4.40. The van der Waals surface area contributed by atoms with Crippen LogP contribution >= 0.6 is 0 Å². The molecule has 4 nitrogen and oxygen atoms in total. The molecule has 1 aliphatic carbocycles. The molecule has 0 bridgehead atoms. The van der Waals surface area contributed by atoms with E-state index >= 15 is 0 Å². The maximum atomic E-state index is 12.5. The lowest BCUT2D eigenvalue weighted by molar-refractivity contribution is -0.131. The van der Waals surface area contributed by atoms with E-state index in [0.29, 0.717) is 6.54 Å². The van der Waals surface area contributed by atoms with Crippen molar-refractivity contribution in [1.29, 1.82) is 0 Å². The predicted octanol–water partition coefficient (Wildman–Crippen LogP) is 2.39. The molecule has 0 radical (unpaired) electrons. The average molecular weight is 276 g/mol. The Morgan fingerprint density at radius 1 is 1.35 bits per heavy atom. The number of nitrogens with two attached hydrogens (primary N) is 1. The number of carbonyl (C=O) groups is 1. The van der Waals surface area contributed by atoms with Crippen molar-refractivity contribution >= 4 is 5.91 Å². The van der Waals surface area contributed by atoms with Gasteiger partial charge in [0, 0.05) is 6.54 Å². The van der Waals surface area contributed by atoms with Gasteiger partial charge in [-0.05, 0) is 37.5 Å². The molecule has 0 saturated heterocycles. The second-order valence-corrected chi connectivity index (χ2v) is 5.66. The SMILES string of the molecule is COc1ccc([C@H](C)NC(=O)C2(CN)CCCC2)cc1. The molecule has 1 aromatic rings. The van der Waals surface area contributed by atoms with E-state index in [1.807, 2.05) is 31.2 Å². The summed E-state index contributed by atoms with van der Waals surface area (Å²) in [6.07, 6.45) is 4.01. The topological polar surface area (TPSA) is 64.3 Å². The Kier molecular flexibility index (Phi) is 4.65. The molecule has 0 unspecified atom stereocenters. The van der Waals surface area contributed by atoms with Gasteiger partial charge in [0.1, 0.15) is 5.75 Å². The minimum absolute atomic E-state index is 0.0163. The molecule has 0 spiro atoms. The van der Waals surface area contributed by atoms with Crippen LogP contribution in [-0.2, 0) is 4.79 Å². The first kappa shape index (κ1) is 14.9. The van der Waals surface area contributed by atoms with Crippen LogP contribution in [0.3, 0.4) is 0 Å². The van der Waals surface area contributed by atoms with Crippen molar-refractivity contribution in [2.45, 2.75) is 38.6 Å². The van der Waals surface area contributed by atoms with E-state index in [-0.39, 0.29) is 17.4 Å². The molecule has 110 valence electrons. The standard InChI is InChI=1S/C16H24N2O2/c1-12(13-5-7-14(20-2)8-6-13)18-15(19)16(11-17)9-3-4-10-16/h5-8,12H,3-4,9-11,17H2,1-2H3,(H,18,19)/t12-/m0/s1. The summed E-state index contributed by atoms with van der Waals surface area (Å²) >= 11 is 0. The molecule has 1 amide bonds. The highest BCUT2D eigenvalue weighted by Crippen LogP contribution is 2.37. The fourth-order valence-electron chi connectivity index (χ4n) is 2.90. The Balaban J connectivity index is 2.02. The summed E-state index contributed by atoms with van der Waals surface area (Å²) in [7, 11) is 1.64. The van der Waals surface area contributed by atoms with Crippen molar-refractivity contribution in [2.24, 2.45) is 11.1 Å². The van der Waals surface area contributed by atoms with Crippen LogP contribution in [0.2, 0.25) is 0 Å². The minimum atomic E-state index is -0.346. The van der Waals surface area contributed by atoms with E-state index in [4.69, 9.17) is 10.5 Å². The van der Waals surface area contributed by atoms with Crippen LogP contribution in [0.4, 0.5) is 0 Å². The molecular weight excluding hydrogens is 252 g/mol. The molecule has 20 heavy (non-hydrogen) atoms. The maximum Gasteiger partial charge on any atom is 0.227 e. The highest BCUT2D eigenvalue weighted by Gasteiger charge is 2.40. The summed E-state index contributed by atoms with van der Waals surface area (Å²) in [5, 5.41) is 3.11. The highest BCUT2D eigenvalue weighted by atomic mass is 16.5. The lowest BCUT2D eigenvalue weighted by Crippen LogP contribution is -2.44. The van der Waals surface area contributed by atoms with Gasteiger partial charge in [-0.25, -0.2) is 0 Å². The number of amides is 1. The van der Waals surface area contributed by atoms with Crippen molar-refractivity contribution in [3.63, 3.8) is 0 Å². The van der Waals surface area contributed by atoms with Crippen LogP contribution in [0.25, 0.3) is 0 Å². The Hall–Kier alpha value is -1.55. The van der Waals surface area contributed by atoms with Gasteiger partial charge in [-0.15, -0.1) is 0 Å². The van der Waals surface area contributed by atoms with Gasteiger partial charge in [-0.3, -0.25) is 4.79 Å². The molecule has 1 atom stereocenters. The van der Waals surface area contributed by atoms with Gasteiger partial charge < -0.3 is 15.8 Å². The lowest BCUT2D eigenvalue weighted by atomic mass is 9.85. The van der Waals surface area contributed by atoms with E-state index in [1.165, 1.54) is 0 Å². The zero-order chi connectivity index (χ0) is 14.6. The molecule has 1 aromatic carbocycles. The van der Waals surface area contributed by atoms with Crippen LogP contribution in [-0.4, -0.2) is 19.6 Å². The monoisotopic (exact) mass is 276 g/mol.